The predicted octanol–water partition coefficient (Wildman–Crippen LogP) is -3.68. The Balaban J connectivity index is 2.05. The molecule has 0 spiro atoms. The lowest BCUT2D eigenvalue weighted by molar-refractivity contribution is -0.144. The van der Waals surface area contributed by atoms with Gasteiger partial charge in [-0.05, 0) is 18.1 Å². The molecule has 2 aromatic rings. The summed E-state index contributed by atoms with van der Waals surface area (Å²) in [5.74, 6) is -6.62. The molecule has 5 amide bonds. The van der Waals surface area contributed by atoms with Crippen LogP contribution in [0.3, 0.4) is 0 Å². The number of fused-ring (bicyclic) bond motifs is 1. The molecule has 0 saturated carbocycles. The first kappa shape index (κ1) is 28.7. The maximum Gasteiger partial charge on any atom is 0.326 e. The number of aliphatic hydroxyl groups is 1. The summed E-state index contributed by atoms with van der Waals surface area (Å²) in [5.41, 5.74) is 17.7. The minimum Gasteiger partial charge on any atom is -0.480 e. The molecule has 1 heterocycles. The number of carbonyl (C=O) groups excluding carboxylic acids is 5. The van der Waals surface area contributed by atoms with E-state index in [0.29, 0.717) is 0 Å². The molecule has 12 N–H and O–H groups in total. The number of hydrogen-bond donors (Lipinski definition) is 9. The van der Waals surface area contributed by atoms with Crippen LogP contribution in [0.4, 0.5) is 0 Å². The summed E-state index contributed by atoms with van der Waals surface area (Å²) in [6.45, 7) is -0.887. The number of H-pyrrole nitrogens is 1. The van der Waals surface area contributed by atoms with Crippen LogP contribution in [0, 0.1) is 0 Å². The molecule has 0 aliphatic carbocycles. The summed E-state index contributed by atoms with van der Waals surface area (Å²) in [5, 5.41) is 26.0. The highest BCUT2D eigenvalue weighted by molar-refractivity contribution is 5.97. The molecule has 0 fully saturated rings. The lowest BCUT2D eigenvalue weighted by atomic mass is 10.0. The van der Waals surface area contributed by atoms with Crippen molar-refractivity contribution < 1.29 is 39.0 Å². The van der Waals surface area contributed by atoms with E-state index in [2.05, 4.69) is 15.6 Å². The molecule has 0 aliphatic rings. The summed E-state index contributed by atoms with van der Waals surface area (Å²) >= 11 is 0. The van der Waals surface area contributed by atoms with E-state index >= 15 is 0 Å². The number of carboxylic acids is 1. The van der Waals surface area contributed by atoms with E-state index in [1.807, 2.05) is 29.6 Å². The second-order valence-electron chi connectivity index (χ2n) is 8.22. The van der Waals surface area contributed by atoms with Gasteiger partial charge in [0, 0.05) is 17.1 Å². The molecule has 0 saturated heterocycles. The first-order chi connectivity index (χ1) is 17.4. The molecule has 0 bridgehead atoms. The number of aliphatic carboxylic acids is 1. The first-order valence-electron chi connectivity index (χ1n) is 11.0. The second-order valence-corrected chi connectivity index (χ2v) is 8.22. The average molecular weight is 520 g/mol. The van der Waals surface area contributed by atoms with Crippen molar-refractivity contribution in [3.63, 3.8) is 0 Å². The number of carbonyl (C=O) groups is 6. The number of primary amides is 2. The lowest BCUT2D eigenvalue weighted by Crippen LogP contribution is -2.59. The van der Waals surface area contributed by atoms with Crippen LogP contribution >= 0.6 is 0 Å². The minimum absolute atomic E-state index is 0.110. The fraction of sp³-hybridized carbons (Fsp3) is 0.364. The van der Waals surface area contributed by atoms with E-state index in [-0.39, 0.29) is 6.42 Å². The highest BCUT2D eigenvalue weighted by atomic mass is 16.4. The molecular formula is C22H29N7O8. The summed E-state index contributed by atoms with van der Waals surface area (Å²) in [6, 6.07) is 1.29. The van der Waals surface area contributed by atoms with Gasteiger partial charge in [0.1, 0.15) is 18.1 Å². The molecule has 2 rings (SSSR count). The van der Waals surface area contributed by atoms with Crippen molar-refractivity contribution >= 4 is 46.4 Å². The monoisotopic (exact) mass is 519 g/mol. The maximum atomic E-state index is 12.7. The van der Waals surface area contributed by atoms with Gasteiger partial charge in [-0.3, -0.25) is 24.0 Å². The molecule has 0 aliphatic heterocycles. The van der Waals surface area contributed by atoms with E-state index in [1.165, 1.54) is 0 Å². The summed E-state index contributed by atoms with van der Waals surface area (Å²) in [7, 11) is 0. The van der Waals surface area contributed by atoms with Gasteiger partial charge in [0.2, 0.25) is 29.5 Å². The van der Waals surface area contributed by atoms with Gasteiger partial charge in [-0.25, -0.2) is 4.79 Å². The number of amides is 5. The standard InChI is InChI=1S/C22H29N7O8/c23-12(5-10-8-26-13-4-2-1-3-11(10)13)19(33)29-16(9-30)21(35)27-14(6-17(24)31)20(34)28-15(22(36)37)7-18(25)32/h1-4,8,12,14-16,26,30H,5-7,9,23H2,(H2,24,31)(H2,25,32)(H,27,35)(H,28,34)(H,29,33)(H,36,37). The van der Waals surface area contributed by atoms with E-state index in [1.54, 1.807) is 6.20 Å². The number of nitrogens with one attached hydrogen (secondary N) is 4. The van der Waals surface area contributed by atoms with Gasteiger partial charge >= 0.3 is 5.97 Å². The van der Waals surface area contributed by atoms with Gasteiger partial charge in [-0.15, -0.1) is 0 Å². The van der Waals surface area contributed by atoms with Crippen molar-refractivity contribution in [1.29, 1.82) is 0 Å². The Morgan fingerprint density at radius 1 is 0.838 bits per heavy atom. The Morgan fingerprint density at radius 2 is 1.38 bits per heavy atom. The normalized spacial score (nSPS) is 14.1. The highest BCUT2D eigenvalue weighted by Crippen LogP contribution is 2.18. The van der Waals surface area contributed by atoms with E-state index in [4.69, 9.17) is 22.3 Å². The lowest BCUT2D eigenvalue weighted by Gasteiger charge is -2.23. The summed E-state index contributed by atoms with van der Waals surface area (Å²) in [4.78, 5) is 74.6. The van der Waals surface area contributed by atoms with Crippen LogP contribution in [-0.4, -0.2) is 81.5 Å². The first-order valence-corrected chi connectivity index (χ1v) is 11.0. The van der Waals surface area contributed by atoms with Gasteiger partial charge < -0.3 is 48.3 Å². The van der Waals surface area contributed by atoms with E-state index in [9.17, 15) is 33.9 Å². The van der Waals surface area contributed by atoms with Crippen LogP contribution in [0.15, 0.2) is 30.5 Å². The van der Waals surface area contributed by atoms with Crippen molar-refractivity contribution in [2.45, 2.75) is 43.4 Å². The SMILES string of the molecule is NC(=O)CC(NC(=O)C(CC(N)=O)NC(=O)C(CO)NC(=O)C(N)Cc1c[nH]c2ccccc12)C(=O)O. The topological polar surface area (TPSA) is 273 Å². The molecule has 4 unspecified atom stereocenters. The number of aromatic nitrogens is 1. The van der Waals surface area contributed by atoms with Gasteiger partial charge in [-0.1, -0.05) is 18.2 Å². The van der Waals surface area contributed by atoms with Crippen molar-refractivity contribution in [3.8, 4) is 0 Å². The third-order valence-corrected chi connectivity index (χ3v) is 5.33. The number of nitrogens with two attached hydrogens (primary N) is 3. The maximum absolute atomic E-state index is 12.7. The molecule has 0 radical (unpaired) electrons. The van der Waals surface area contributed by atoms with Crippen LogP contribution < -0.4 is 33.2 Å². The van der Waals surface area contributed by atoms with Crippen molar-refractivity contribution in [3.05, 3.63) is 36.0 Å². The number of para-hydroxylation sites is 1. The molecule has 15 heteroatoms. The number of aliphatic hydroxyl groups excluding tert-OH is 1. The van der Waals surface area contributed by atoms with Crippen LogP contribution in [0.5, 0.6) is 0 Å². The molecule has 15 nitrogen and oxygen atoms in total. The average Bonchev–Trinajstić information content (AvgIpc) is 3.23. The van der Waals surface area contributed by atoms with Crippen LogP contribution in [-0.2, 0) is 35.2 Å². The quantitative estimate of drug-likeness (QED) is 0.119. The van der Waals surface area contributed by atoms with E-state index in [0.717, 1.165) is 16.5 Å². The number of aromatic amines is 1. The minimum atomic E-state index is -1.73. The zero-order chi connectivity index (χ0) is 27.7. The van der Waals surface area contributed by atoms with Gasteiger partial charge in [0.25, 0.3) is 0 Å². The number of benzene rings is 1. The predicted molar refractivity (Wildman–Crippen MR) is 128 cm³/mol. The fourth-order valence-electron chi connectivity index (χ4n) is 3.46. The molecule has 200 valence electrons. The highest BCUT2D eigenvalue weighted by Gasteiger charge is 2.31. The molecule has 4 atom stereocenters. The van der Waals surface area contributed by atoms with Crippen LogP contribution in [0.1, 0.15) is 18.4 Å². The van der Waals surface area contributed by atoms with E-state index < -0.39 is 79.1 Å². The van der Waals surface area contributed by atoms with Crippen LogP contribution in [0.25, 0.3) is 10.9 Å². The second kappa shape index (κ2) is 13.0. The molecule has 37 heavy (non-hydrogen) atoms. The largest absolute Gasteiger partial charge is 0.480 e. The van der Waals surface area contributed by atoms with Crippen molar-refractivity contribution in [2.75, 3.05) is 6.61 Å². The Labute approximate surface area is 210 Å². The Morgan fingerprint density at radius 3 is 1.97 bits per heavy atom. The third-order valence-electron chi connectivity index (χ3n) is 5.33. The molecule has 1 aromatic carbocycles. The Kier molecular flexibility index (Phi) is 10.1. The number of rotatable bonds is 14. The summed E-state index contributed by atoms with van der Waals surface area (Å²) in [6.07, 6.45) is 0.317. The number of hydrogen-bond acceptors (Lipinski definition) is 8. The summed E-state index contributed by atoms with van der Waals surface area (Å²) < 4.78 is 0. The van der Waals surface area contributed by atoms with Crippen molar-refractivity contribution in [1.82, 2.24) is 20.9 Å². The van der Waals surface area contributed by atoms with Gasteiger partial charge in [-0.2, -0.15) is 0 Å². The molecular weight excluding hydrogens is 490 g/mol. The van der Waals surface area contributed by atoms with Crippen LogP contribution in [0.2, 0.25) is 0 Å². The smallest absolute Gasteiger partial charge is 0.326 e. The fourth-order valence-corrected chi connectivity index (χ4v) is 3.46. The third kappa shape index (κ3) is 8.29. The van der Waals surface area contributed by atoms with Gasteiger partial charge in [0.05, 0.1) is 25.5 Å². The zero-order valence-corrected chi connectivity index (χ0v) is 19.6. The zero-order valence-electron chi connectivity index (χ0n) is 19.6. The molecule has 1 aromatic heterocycles. The van der Waals surface area contributed by atoms with Gasteiger partial charge in [0.15, 0.2) is 0 Å². The Bertz CT molecular complexity index is 1180. The number of carboxylic acid groups (broad SMARTS) is 1. The van der Waals surface area contributed by atoms with Crippen molar-refractivity contribution in [2.24, 2.45) is 17.2 Å². The Hall–Kier alpha value is -4.50.